The molecule has 2 aliphatic rings. The van der Waals surface area contributed by atoms with E-state index in [0.29, 0.717) is 0 Å². The molecule has 0 amide bonds. The van der Waals surface area contributed by atoms with Gasteiger partial charge in [0.05, 0.1) is 17.6 Å². The highest BCUT2D eigenvalue weighted by molar-refractivity contribution is 7.18. The summed E-state index contributed by atoms with van der Waals surface area (Å²) < 4.78 is 1.87. The Bertz CT molecular complexity index is 1020. The van der Waals surface area contributed by atoms with Crippen molar-refractivity contribution < 1.29 is 0 Å². The Morgan fingerprint density at radius 1 is 0.963 bits per heavy atom. The highest BCUT2D eigenvalue weighted by Crippen LogP contribution is 2.34. The van der Waals surface area contributed by atoms with Crippen LogP contribution in [0.2, 0.25) is 0 Å². The Kier molecular flexibility index (Phi) is 4.58. The number of likely N-dealkylation sites (tertiary alicyclic amines) is 1. The van der Waals surface area contributed by atoms with Crippen molar-refractivity contribution in [3.63, 3.8) is 0 Å². The standard InChI is InChI=1S/C22H25N3OS/c26-22-20-17-11-5-6-12-18(17)27-21(20)23-19(15-24-13-7-2-8-14-24)25(22)16-9-3-1-4-10-16/h1,3-4,9-10H,2,5-8,11-15H2. The molecule has 0 unspecified atom stereocenters. The number of hydrogen-bond donors (Lipinski definition) is 0. The minimum absolute atomic E-state index is 0.123. The van der Waals surface area contributed by atoms with Crippen molar-refractivity contribution in [1.29, 1.82) is 0 Å². The topological polar surface area (TPSA) is 38.1 Å². The van der Waals surface area contributed by atoms with Crippen LogP contribution >= 0.6 is 11.3 Å². The maximum absolute atomic E-state index is 13.6. The van der Waals surface area contributed by atoms with E-state index in [2.05, 4.69) is 4.90 Å². The Morgan fingerprint density at radius 3 is 2.56 bits per heavy atom. The van der Waals surface area contributed by atoms with E-state index in [1.807, 2.05) is 34.9 Å². The summed E-state index contributed by atoms with van der Waals surface area (Å²) in [5.74, 6) is 0.888. The fourth-order valence-corrected chi connectivity index (χ4v) is 5.78. The zero-order valence-electron chi connectivity index (χ0n) is 15.6. The van der Waals surface area contributed by atoms with Crippen molar-refractivity contribution in [1.82, 2.24) is 14.5 Å². The van der Waals surface area contributed by atoms with Gasteiger partial charge >= 0.3 is 0 Å². The first-order valence-electron chi connectivity index (χ1n) is 10.2. The summed E-state index contributed by atoms with van der Waals surface area (Å²) >= 11 is 1.75. The van der Waals surface area contributed by atoms with Crippen molar-refractivity contribution in [3.05, 3.63) is 57.0 Å². The Hall–Kier alpha value is -1.98. The normalized spacial score (nSPS) is 17.9. The maximum atomic E-state index is 13.6. The van der Waals surface area contributed by atoms with E-state index in [-0.39, 0.29) is 5.56 Å². The highest BCUT2D eigenvalue weighted by Gasteiger charge is 2.23. The molecule has 2 aromatic heterocycles. The Balaban J connectivity index is 1.70. The zero-order valence-corrected chi connectivity index (χ0v) is 16.4. The lowest BCUT2D eigenvalue weighted by molar-refractivity contribution is 0.214. The third-order valence-corrected chi connectivity index (χ3v) is 7.07. The Labute approximate surface area is 163 Å². The van der Waals surface area contributed by atoms with Gasteiger partial charge in [-0.15, -0.1) is 11.3 Å². The average molecular weight is 380 g/mol. The number of benzene rings is 1. The SMILES string of the molecule is O=c1c2c3c(sc2nc(CN2CCCCC2)n1-c1ccccc1)CCCC3. The predicted molar refractivity (Wildman–Crippen MR) is 111 cm³/mol. The summed E-state index contributed by atoms with van der Waals surface area (Å²) in [5.41, 5.74) is 2.32. The molecule has 1 aliphatic heterocycles. The first-order valence-corrected chi connectivity index (χ1v) is 11.0. The molecule has 0 radical (unpaired) electrons. The minimum atomic E-state index is 0.123. The van der Waals surface area contributed by atoms with Gasteiger partial charge < -0.3 is 0 Å². The number of nitrogens with zero attached hydrogens (tertiary/aromatic N) is 3. The van der Waals surface area contributed by atoms with Gasteiger partial charge in [0.25, 0.3) is 5.56 Å². The van der Waals surface area contributed by atoms with Gasteiger partial charge in [0.2, 0.25) is 0 Å². The summed E-state index contributed by atoms with van der Waals surface area (Å²) in [4.78, 5) is 23.5. The van der Waals surface area contributed by atoms with Crippen LogP contribution in [0.4, 0.5) is 0 Å². The summed E-state index contributed by atoms with van der Waals surface area (Å²) in [5, 5.41) is 0.876. The van der Waals surface area contributed by atoms with Gasteiger partial charge in [0.15, 0.2) is 0 Å². The van der Waals surface area contributed by atoms with E-state index in [1.54, 1.807) is 11.3 Å². The van der Waals surface area contributed by atoms with Crippen molar-refractivity contribution in [2.75, 3.05) is 13.1 Å². The molecule has 1 fully saturated rings. The number of rotatable bonds is 3. The first-order chi connectivity index (χ1) is 13.3. The monoisotopic (exact) mass is 379 g/mol. The lowest BCUT2D eigenvalue weighted by Crippen LogP contribution is -2.33. The van der Waals surface area contributed by atoms with Crippen LogP contribution in [0.15, 0.2) is 35.1 Å². The van der Waals surface area contributed by atoms with Crippen LogP contribution in [0.3, 0.4) is 0 Å². The average Bonchev–Trinajstić information content (AvgIpc) is 3.08. The number of piperidine rings is 1. The fourth-order valence-electron chi connectivity index (χ4n) is 4.51. The molecule has 1 aliphatic carbocycles. The van der Waals surface area contributed by atoms with Crippen LogP contribution in [0, 0.1) is 0 Å². The van der Waals surface area contributed by atoms with Gasteiger partial charge in [0.1, 0.15) is 10.7 Å². The molecule has 1 saturated heterocycles. The van der Waals surface area contributed by atoms with Crippen LogP contribution in [0.1, 0.15) is 48.4 Å². The molecule has 5 rings (SSSR count). The largest absolute Gasteiger partial charge is 0.296 e. The molecule has 3 heterocycles. The van der Waals surface area contributed by atoms with Crippen LogP contribution < -0.4 is 5.56 Å². The van der Waals surface area contributed by atoms with Crippen LogP contribution in [0.25, 0.3) is 15.9 Å². The molecular formula is C22H25N3OS. The van der Waals surface area contributed by atoms with Gasteiger partial charge in [-0.05, 0) is 69.3 Å². The number of para-hydroxylation sites is 1. The molecule has 5 heteroatoms. The van der Waals surface area contributed by atoms with Gasteiger partial charge in [-0.1, -0.05) is 24.6 Å². The van der Waals surface area contributed by atoms with E-state index >= 15 is 0 Å². The highest BCUT2D eigenvalue weighted by atomic mass is 32.1. The molecule has 27 heavy (non-hydrogen) atoms. The zero-order chi connectivity index (χ0) is 18.2. The first kappa shape index (κ1) is 17.1. The minimum Gasteiger partial charge on any atom is -0.296 e. The van der Waals surface area contributed by atoms with Crippen molar-refractivity contribution in [3.8, 4) is 5.69 Å². The molecule has 3 aromatic rings. The van der Waals surface area contributed by atoms with E-state index in [9.17, 15) is 4.79 Å². The quantitative estimate of drug-likeness (QED) is 0.680. The van der Waals surface area contributed by atoms with Crippen molar-refractivity contribution in [2.24, 2.45) is 0 Å². The lowest BCUT2D eigenvalue weighted by atomic mass is 9.97. The second-order valence-electron chi connectivity index (χ2n) is 7.73. The van der Waals surface area contributed by atoms with Crippen LogP contribution in [-0.2, 0) is 19.4 Å². The summed E-state index contributed by atoms with van der Waals surface area (Å²) in [6, 6.07) is 10.0. The maximum Gasteiger partial charge on any atom is 0.267 e. The van der Waals surface area contributed by atoms with Crippen molar-refractivity contribution >= 4 is 21.6 Å². The smallest absolute Gasteiger partial charge is 0.267 e. The number of thiophene rings is 1. The van der Waals surface area contributed by atoms with E-state index in [4.69, 9.17) is 4.98 Å². The van der Waals surface area contributed by atoms with Gasteiger partial charge in [0, 0.05) is 4.88 Å². The van der Waals surface area contributed by atoms with E-state index in [0.717, 1.165) is 54.2 Å². The van der Waals surface area contributed by atoms with Gasteiger partial charge in [-0.3, -0.25) is 14.3 Å². The number of hydrogen-bond acceptors (Lipinski definition) is 4. The molecule has 0 bridgehead atoms. The van der Waals surface area contributed by atoms with Crippen LogP contribution in [0.5, 0.6) is 0 Å². The molecule has 1 aromatic carbocycles. The molecule has 140 valence electrons. The molecule has 0 N–H and O–H groups in total. The molecule has 0 atom stereocenters. The second-order valence-corrected chi connectivity index (χ2v) is 8.82. The van der Waals surface area contributed by atoms with Crippen LogP contribution in [-0.4, -0.2) is 27.5 Å². The number of aromatic nitrogens is 2. The molecule has 4 nitrogen and oxygen atoms in total. The lowest BCUT2D eigenvalue weighted by Gasteiger charge is -2.27. The van der Waals surface area contributed by atoms with E-state index < -0.39 is 0 Å². The third-order valence-electron chi connectivity index (χ3n) is 5.89. The number of aryl methyl sites for hydroxylation is 2. The molecular weight excluding hydrogens is 354 g/mol. The van der Waals surface area contributed by atoms with Gasteiger partial charge in [-0.2, -0.15) is 0 Å². The second kappa shape index (κ2) is 7.21. The Morgan fingerprint density at radius 2 is 1.74 bits per heavy atom. The summed E-state index contributed by atoms with van der Waals surface area (Å²) in [7, 11) is 0. The summed E-state index contributed by atoms with van der Waals surface area (Å²) in [6.45, 7) is 2.95. The third kappa shape index (κ3) is 3.13. The van der Waals surface area contributed by atoms with E-state index in [1.165, 1.54) is 42.5 Å². The van der Waals surface area contributed by atoms with Gasteiger partial charge in [-0.25, -0.2) is 4.98 Å². The fraction of sp³-hybridized carbons (Fsp3) is 0.455. The molecule has 0 spiro atoms. The predicted octanol–water partition coefficient (Wildman–Crippen LogP) is 4.31. The number of fused-ring (bicyclic) bond motifs is 3. The van der Waals surface area contributed by atoms with Crippen molar-refractivity contribution in [2.45, 2.75) is 51.5 Å². The summed E-state index contributed by atoms with van der Waals surface area (Å²) in [6.07, 6.45) is 8.32. The molecule has 0 saturated carbocycles.